The first kappa shape index (κ1) is 32.4. The molecule has 1 aromatic heterocycles. The molecule has 0 radical (unpaired) electrons. The number of hydrogen-bond donors (Lipinski definition) is 1. The summed E-state index contributed by atoms with van der Waals surface area (Å²) in [6.07, 6.45) is 15.7. The van der Waals surface area contributed by atoms with Gasteiger partial charge in [0.1, 0.15) is 0 Å². The van der Waals surface area contributed by atoms with Crippen LogP contribution >= 0.6 is 0 Å². The molecule has 250 valence electrons. The third-order valence-electron chi connectivity index (χ3n) is 11.1. The summed E-state index contributed by atoms with van der Waals surface area (Å²) in [4.78, 5) is 0. The second-order valence-electron chi connectivity index (χ2n) is 14.0. The lowest BCUT2D eigenvalue weighted by Gasteiger charge is -2.35. The number of terminal acetylenes is 1. The second kappa shape index (κ2) is 13.9. The van der Waals surface area contributed by atoms with Crippen LogP contribution in [-0.4, -0.2) is 4.57 Å². The van der Waals surface area contributed by atoms with Crippen LogP contribution in [0.15, 0.2) is 151 Å². The largest absolute Gasteiger partial charge is 0.355 e. The Morgan fingerprint density at radius 1 is 0.784 bits per heavy atom. The van der Waals surface area contributed by atoms with Crippen molar-refractivity contribution in [1.29, 1.82) is 0 Å². The van der Waals surface area contributed by atoms with E-state index in [0.29, 0.717) is 11.8 Å². The quantitative estimate of drug-likeness (QED) is 0.133. The standard InChI is InChI=1S/C49H44N2/c1-5-35(47-34(4)39-24-12-13-25-40(39)41-26-14-15-27-42(41)47)32-36(6-2)50-45-30-18-16-28-43(45)48-44-29-17-19-31-46(44)51(37-21-8-7-9-22-37)49(48)38-23-11-10-20-33(38)3/h1,6-11,14-23,26-32,34,39,50H,12-13,24-25H2,2-4H3/b35-32+,36-6+. The number of nitrogens with zero attached hydrogens (tertiary/aromatic N) is 1. The van der Waals surface area contributed by atoms with E-state index in [9.17, 15) is 0 Å². The summed E-state index contributed by atoms with van der Waals surface area (Å²) in [6.45, 7) is 6.68. The smallest absolute Gasteiger partial charge is 0.0622 e. The number of rotatable bonds is 7. The number of fused-ring (bicyclic) bond motifs is 3. The van der Waals surface area contributed by atoms with Gasteiger partial charge in [0.2, 0.25) is 0 Å². The predicted molar refractivity (Wildman–Crippen MR) is 217 cm³/mol. The molecule has 51 heavy (non-hydrogen) atoms. The van der Waals surface area contributed by atoms with E-state index < -0.39 is 0 Å². The maximum atomic E-state index is 6.42. The maximum absolute atomic E-state index is 6.42. The molecule has 0 bridgehead atoms. The highest BCUT2D eigenvalue weighted by Crippen LogP contribution is 2.46. The zero-order chi connectivity index (χ0) is 34.9. The van der Waals surface area contributed by atoms with Crippen LogP contribution in [0, 0.1) is 31.1 Å². The molecular weight excluding hydrogens is 617 g/mol. The van der Waals surface area contributed by atoms with Crippen molar-refractivity contribution < 1.29 is 0 Å². The molecule has 1 N–H and O–H groups in total. The molecule has 0 saturated heterocycles. The average molecular weight is 661 g/mol. The highest BCUT2D eigenvalue weighted by atomic mass is 15.0. The summed E-state index contributed by atoms with van der Waals surface area (Å²) in [5.41, 5.74) is 14.2. The molecule has 5 aromatic carbocycles. The van der Waals surface area contributed by atoms with Crippen LogP contribution in [0.4, 0.5) is 5.69 Å². The fourth-order valence-electron chi connectivity index (χ4n) is 8.72. The SMILES string of the molecule is C#C/C(=C\C(=C/C)Nc1ccccc1-c1c(-c2ccccc2C)n(-c2ccccc2)c2ccccc12)C1=c2ccccc2=C2CCCCC2C1C. The number of aryl methyl sites for hydroxylation is 1. The van der Waals surface area contributed by atoms with Crippen LogP contribution in [0.25, 0.3) is 50.1 Å². The van der Waals surface area contributed by atoms with E-state index in [4.69, 9.17) is 6.42 Å². The minimum Gasteiger partial charge on any atom is -0.355 e. The van der Waals surface area contributed by atoms with Crippen molar-refractivity contribution in [1.82, 2.24) is 4.57 Å². The molecule has 2 unspecified atom stereocenters. The lowest BCUT2D eigenvalue weighted by Crippen LogP contribution is -2.40. The molecule has 6 aromatic rings. The van der Waals surface area contributed by atoms with Crippen LogP contribution in [0.1, 0.15) is 45.1 Å². The number of nitrogens with one attached hydrogen (secondary N) is 1. The summed E-state index contributed by atoms with van der Waals surface area (Å²) in [5, 5.41) is 7.77. The maximum Gasteiger partial charge on any atom is 0.0622 e. The van der Waals surface area contributed by atoms with Crippen molar-refractivity contribution in [2.45, 2.75) is 46.5 Å². The Balaban J connectivity index is 1.30. The Labute approximate surface area is 302 Å². The first-order valence-corrected chi connectivity index (χ1v) is 18.4. The Kier molecular flexibility index (Phi) is 8.81. The van der Waals surface area contributed by atoms with Crippen molar-refractivity contribution in [3.63, 3.8) is 0 Å². The van der Waals surface area contributed by atoms with Gasteiger partial charge in [-0.2, -0.15) is 0 Å². The van der Waals surface area contributed by atoms with Gasteiger partial charge in [0.25, 0.3) is 0 Å². The molecule has 2 heteroatoms. The zero-order valence-electron chi connectivity index (χ0n) is 29.8. The van der Waals surface area contributed by atoms with Crippen LogP contribution < -0.4 is 15.8 Å². The molecule has 2 aliphatic carbocycles. The van der Waals surface area contributed by atoms with Crippen molar-refractivity contribution in [3.8, 4) is 40.4 Å². The van der Waals surface area contributed by atoms with Gasteiger partial charge in [-0.3, -0.25) is 0 Å². The van der Waals surface area contributed by atoms with Crippen LogP contribution in [0.3, 0.4) is 0 Å². The normalized spacial score (nSPS) is 17.5. The molecule has 0 spiro atoms. The highest BCUT2D eigenvalue weighted by Gasteiger charge is 2.32. The number of hydrogen-bond acceptors (Lipinski definition) is 1. The third kappa shape index (κ3) is 5.74. The van der Waals surface area contributed by atoms with E-state index in [2.05, 4.69) is 176 Å². The first-order valence-electron chi connectivity index (χ1n) is 18.4. The molecule has 0 aliphatic heterocycles. The van der Waals surface area contributed by atoms with Crippen LogP contribution in [0.5, 0.6) is 0 Å². The lowest BCUT2D eigenvalue weighted by atomic mass is 9.68. The molecule has 2 nitrogen and oxygen atoms in total. The van der Waals surface area contributed by atoms with Crippen molar-refractivity contribution >= 4 is 27.7 Å². The van der Waals surface area contributed by atoms with Gasteiger partial charge in [-0.25, -0.2) is 0 Å². The van der Waals surface area contributed by atoms with E-state index in [0.717, 1.165) is 28.2 Å². The Morgan fingerprint density at radius 3 is 2.25 bits per heavy atom. The summed E-state index contributed by atoms with van der Waals surface area (Å²) < 4.78 is 2.42. The summed E-state index contributed by atoms with van der Waals surface area (Å²) in [7, 11) is 0. The number of benzene rings is 5. The number of para-hydroxylation sites is 3. The molecule has 2 atom stereocenters. The van der Waals surface area contributed by atoms with Crippen LogP contribution in [-0.2, 0) is 0 Å². The van der Waals surface area contributed by atoms with Gasteiger partial charge in [0.05, 0.1) is 11.2 Å². The van der Waals surface area contributed by atoms with Gasteiger partial charge in [0.15, 0.2) is 0 Å². The average Bonchev–Trinajstić information content (AvgIpc) is 3.52. The van der Waals surface area contributed by atoms with Gasteiger partial charge in [-0.1, -0.05) is 134 Å². The van der Waals surface area contributed by atoms with Crippen LogP contribution in [0.2, 0.25) is 0 Å². The van der Waals surface area contributed by atoms with E-state index >= 15 is 0 Å². The van der Waals surface area contributed by atoms with Crippen molar-refractivity contribution in [2.24, 2.45) is 11.8 Å². The van der Waals surface area contributed by atoms with Gasteiger partial charge >= 0.3 is 0 Å². The summed E-state index contributed by atoms with van der Waals surface area (Å²) in [6, 6.07) is 45.8. The number of anilines is 1. The molecule has 8 rings (SSSR count). The Hall–Kier alpha value is -5.78. The summed E-state index contributed by atoms with van der Waals surface area (Å²) >= 11 is 0. The molecule has 1 heterocycles. The van der Waals surface area contributed by atoms with Crippen molar-refractivity contribution in [3.05, 3.63) is 167 Å². The minimum atomic E-state index is 0.365. The monoisotopic (exact) mass is 660 g/mol. The summed E-state index contributed by atoms with van der Waals surface area (Å²) in [5.74, 6) is 4.06. The van der Waals surface area contributed by atoms with Crippen molar-refractivity contribution in [2.75, 3.05) is 5.32 Å². The fourth-order valence-corrected chi connectivity index (χ4v) is 8.72. The molecular formula is C49H44N2. The van der Waals surface area contributed by atoms with E-state index in [1.807, 2.05) is 0 Å². The fraction of sp³-hybridized carbons (Fsp3) is 0.184. The topological polar surface area (TPSA) is 17.0 Å². The second-order valence-corrected chi connectivity index (χ2v) is 14.0. The number of allylic oxidation sites excluding steroid dienone is 3. The van der Waals surface area contributed by atoms with E-state index in [1.54, 1.807) is 5.57 Å². The van der Waals surface area contributed by atoms with Gasteiger partial charge in [-0.15, -0.1) is 6.42 Å². The van der Waals surface area contributed by atoms with Gasteiger partial charge in [0, 0.05) is 44.7 Å². The van der Waals surface area contributed by atoms with Gasteiger partial charge in [-0.05, 0) is 96.9 Å². The minimum absolute atomic E-state index is 0.365. The highest BCUT2D eigenvalue weighted by molar-refractivity contribution is 6.08. The van der Waals surface area contributed by atoms with E-state index in [1.165, 1.54) is 75.0 Å². The number of aromatic nitrogens is 1. The lowest BCUT2D eigenvalue weighted by molar-refractivity contribution is 0.427. The molecule has 1 fully saturated rings. The molecule has 1 saturated carbocycles. The zero-order valence-corrected chi connectivity index (χ0v) is 29.8. The Bertz CT molecular complexity index is 2500. The predicted octanol–water partition coefficient (Wildman–Crippen LogP) is 11.0. The molecule has 2 aliphatic rings. The van der Waals surface area contributed by atoms with E-state index in [-0.39, 0.29) is 0 Å². The first-order chi connectivity index (χ1) is 25.1. The third-order valence-corrected chi connectivity index (χ3v) is 11.1. The van der Waals surface area contributed by atoms with Gasteiger partial charge < -0.3 is 9.88 Å². The molecule has 0 amide bonds. The Morgan fingerprint density at radius 2 is 1.47 bits per heavy atom.